The molecule has 2 amide bonds. The van der Waals surface area contributed by atoms with Crippen LogP contribution in [0.4, 0.5) is 5.13 Å². The van der Waals surface area contributed by atoms with Crippen LogP contribution in [0.3, 0.4) is 0 Å². The van der Waals surface area contributed by atoms with Gasteiger partial charge in [0.2, 0.25) is 11.8 Å². The van der Waals surface area contributed by atoms with Gasteiger partial charge in [0.1, 0.15) is 0 Å². The molecule has 0 unspecified atom stereocenters. The molecule has 21 heavy (non-hydrogen) atoms. The standard InChI is InChI=1S/C14H14N4O2S/c19-12-7-10(13(20)17-14-16-5-6-21-14)8-18(12)9-11-3-1-2-4-15-11/h1-6,10H,7-9H2,(H,16,17,20)/t10-/m0/s1. The molecule has 3 rings (SSSR count). The number of amides is 2. The van der Waals surface area contributed by atoms with Crippen molar-refractivity contribution in [3.63, 3.8) is 0 Å². The Morgan fingerprint density at radius 2 is 2.29 bits per heavy atom. The first-order valence-corrected chi connectivity index (χ1v) is 7.48. The van der Waals surface area contributed by atoms with Crippen LogP contribution in [0.2, 0.25) is 0 Å². The summed E-state index contributed by atoms with van der Waals surface area (Å²) >= 11 is 1.36. The molecule has 6 nitrogen and oxygen atoms in total. The molecule has 0 spiro atoms. The number of nitrogens with one attached hydrogen (secondary N) is 1. The van der Waals surface area contributed by atoms with Gasteiger partial charge in [-0.05, 0) is 12.1 Å². The van der Waals surface area contributed by atoms with Crippen molar-refractivity contribution >= 4 is 28.3 Å². The number of pyridine rings is 1. The van der Waals surface area contributed by atoms with Gasteiger partial charge in [0.15, 0.2) is 5.13 Å². The van der Waals surface area contributed by atoms with Crippen LogP contribution in [0, 0.1) is 5.92 Å². The molecule has 0 aliphatic carbocycles. The third kappa shape index (κ3) is 3.25. The van der Waals surface area contributed by atoms with Gasteiger partial charge in [-0.1, -0.05) is 6.07 Å². The molecule has 1 aliphatic rings. The molecule has 0 saturated carbocycles. The SMILES string of the molecule is O=C(Nc1nccs1)[C@H]1CC(=O)N(Cc2ccccn2)C1. The van der Waals surface area contributed by atoms with Gasteiger partial charge in [-0.15, -0.1) is 11.3 Å². The van der Waals surface area contributed by atoms with Gasteiger partial charge in [0.05, 0.1) is 18.2 Å². The van der Waals surface area contributed by atoms with Crippen LogP contribution in [0.5, 0.6) is 0 Å². The van der Waals surface area contributed by atoms with Crippen LogP contribution in [0.25, 0.3) is 0 Å². The quantitative estimate of drug-likeness (QED) is 0.929. The Labute approximate surface area is 125 Å². The molecule has 1 N–H and O–H groups in total. The van der Waals surface area contributed by atoms with E-state index in [4.69, 9.17) is 0 Å². The van der Waals surface area contributed by atoms with Crippen molar-refractivity contribution in [2.45, 2.75) is 13.0 Å². The molecule has 7 heteroatoms. The van der Waals surface area contributed by atoms with Gasteiger partial charge in [0.25, 0.3) is 0 Å². The molecule has 2 aromatic rings. The lowest BCUT2D eigenvalue weighted by Crippen LogP contribution is -2.28. The monoisotopic (exact) mass is 302 g/mol. The predicted octanol–water partition coefficient (Wildman–Crippen LogP) is 1.53. The van der Waals surface area contributed by atoms with E-state index in [0.29, 0.717) is 18.2 Å². The largest absolute Gasteiger partial charge is 0.336 e. The lowest BCUT2D eigenvalue weighted by molar-refractivity contribution is -0.128. The van der Waals surface area contributed by atoms with E-state index in [9.17, 15) is 9.59 Å². The molecule has 1 aliphatic heterocycles. The fourth-order valence-corrected chi connectivity index (χ4v) is 2.81. The number of nitrogens with zero attached hydrogens (tertiary/aromatic N) is 3. The fourth-order valence-electron chi connectivity index (χ4n) is 2.28. The van der Waals surface area contributed by atoms with Crippen molar-refractivity contribution < 1.29 is 9.59 Å². The van der Waals surface area contributed by atoms with Crippen LogP contribution in [0.15, 0.2) is 36.0 Å². The minimum atomic E-state index is -0.329. The molecule has 3 heterocycles. The second-order valence-corrected chi connectivity index (χ2v) is 5.72. The minimum Gasteiger partial charge on any atom is -0.336 e. The molecule has 1 saturated heterocycles. The number of rotatable bonds is 4. The molecule has 0 bridgehead atoms. The maximum absolute atomic E-state index is 12.1. The normalized spacial score (nSPS) is 18.0. The van der Waals surface area contributed by atoms with Gasteiger partial charge < -0.3 is 10.2 Å². The molecule has 2 aromatic heterocycles. The molecule has 1 fully saturated rings. The summed E-state index contributed by atoms with van der Waals surface area (Å²) in [5.41, 5.74) is 0.826. The Kier molecular flexibility index (Phi) is 3.92. The van der Waals surface area contributed by atoms with Crippen LogP contribution >= 0.6 is 11.3 Å². The third-order valence-corrected chi connectivity index (χ3v) is 4.02. The van der Waals surface area contributed by atoms with Gasteiger partial charge in [-0.3, -0.25) is 14.6 Å². The number of anilines is 1. The van der Waals surface area contributed by atoms with E-state index in [-0.39, 0.29) is 24.2 Å². The highest BCUT2D eigenvalue weighted by Crippen LogP contribution is 2.22. The summed E-state index contributed by atoms with van der Waals surface area (Å²) in [6.07, 6.45) is 3.57. The fraction of sp³-hybridized carbons (Fsp3) is 0.286. The van der Waals surface area contributed by atoms with E-state index in [1.807, 2.05) is 18.2 Å². The average molecular weight is 302 g/mol. The lowest BCUT2D eigenvalue weighted by Gasteiger charge is -2.15. The predicted molar refractivity (Wildman–Crippen MR) is 78.5 cm³/mol. The Morgan fingerprint density at radius 1 is 1.38 bits per heavy atom. The summed E-state index contributed by atoms with van der Waals surface area (Å²) in [7, 11) is 0. The topological polar surface area (TPSA) is 75.2 Å². The number of carbonyl (C=O) groups is 2. The number of hydrogen-bond donors (Lipinski definition) is 1. The molecule has 0 aromatic carbocycles. The number of hydrogen-bond acceptors (Lipinski definition) is 5. The lowest BCUT2D eigenvalue weighted by atomic mass is 10.1. The number of thiazole rings is 1. The van der Waals surface area contributed by atoms with Crippen molar-refractivity contribution in [1.82, 2.24) is 14.9 Å². The summed E-state index contributed by atoms with van der Waals surface area (Å²) in [4.78, 5) is 34.0. The summed E-state index contributed by atoms with van der Waals surface area (Å²) in [6.45, 7) is 0.868. The van der Waals surface area contributed by atoms with E-state index >= 15 is 0 Å². The Morgan fingerprint density at radius 3 is 3.00 bits per heavy atom. The summed E-state index contributed by atoms with van der Waals surface area (Å²) in [5, 5.41) is 5.10. The van der Waals surface area contributed by atoms with Crippen molar-refractivity contribution in [1.29, 1.82) is 0 Å². The molecule has 0 radical (unpaired) electrons. The summed E-state index contributed by atoms with van der Waals surface area (Å²) < 4.78 is 0. The number of aromatic nitrogens is 2. The van der Waals surface area contributed by atoms with E-state index in [1.165, 1.54) is 11.3 Å². The van der Waals surface area contributed by atoms with Gasteiger partial charge in [-0.2, -0.15) is 0 Å². The Balaban J connectivity index is 1.60. The minimum absolute atomic E-state index is 0.0139. The molecular formula is C14H14N4O2S. The van der Waals surface area contributed by atoms with Crippen LogP contribution < -0.4 is 5.32 Å². The smallest absolute Gasteiger partial charge is 0.231 e. The van der Waals surface area contributed by atoms with Gasteiger partial charge >= 0.3 is 0 Å². The maximum atomic E-state index is 12.1. The van der Waals surface area contributed by atoms with E-state index in [2.05, 4.69) is 15.3 Å². The highest BCUT2D eigenvalue weighted by molar-refractivity contribution is 7.13. The van der Waals surface area contributed by atoms with Crippen molar-refractivity contribution in [2.24, 2.45) is 5.92 Å². The Bertz CT molecular complexity index is 630. The average Bonchev–Trinajstić information content (AvgIpc) is 3.11. The molecule has 1 atom stereocenters. The first kappa shape index (κ1) is 13.7. The molecular weight excluding hydrogens is 288 g/mol. The van der Waals surface area contributed by atoms with E-state index < -0.39 is 0 Å². The van der Waals surface area contributed by atoms with Crippen molar-refractivity contribution in [2.75, 3.05) is 11.9 Å². The summed E-state index contributed by atoms with van der Waals surface area (Å²) in [6, 6.07) is 5.59. The Hall–Kier alpha value is -2.28. The van der Waals surface area contributed by atoms with E-state index in [1.54, 1.807) is 22.7 Å². The highest BCUT2D eigenvalue weighted by Gasteiger charge is 2.34. The first-order chi connectivity index (χ1) is 10.2. The number of likely N-dealkylation sites (tertiary alicyclic amines) is 1. The zero-order valence-electron chi connectivity index (χ0n) is 11.2. The second-order valence-electron chi connectivity index (χ2n) is 4.82. The first-order valence-electron chi connectivity index (χ1n) is 6.60. The van der Waals surface area contributed by atoms with Crippen LogP contribution in [-0.4, -0.2) is 33.2 Å². The zero-order valence-corrected chi connectivity index (χ0v) is 12.0. The zero-order chi connectivity index (χ0) is 14.7. The van der Waals surface area contributed by atoms with Crippen molar-refractivity contribution in [3.8, 4) is 0 Å². The van der Waals surface area contributed by atoms with Gasteiger partial charge in [-0.25, -0.2) is 4.98 Å². The molecule has 108 valence electrons. The van der Waals surface area contributed by atoms with Crippen LogP contribution in [0.1, 0.15) is 12.1 Å². The summed E-state index contributed by atoms with van der Waals surface area (Å²) in [5.74, 6) is -0.494. The van der Waals surface area contributed by atoms with Crippen LogP contribution in [-0.2, 0) is 16.1 Å². The second kappa shape index (κ2) is 6.01. The van der Waals surface area contributed by atoms with E-state index in [0.717, 1.165) is 5.69 Å². The highest BCUT2D eigenvalue weighted by atomic mass is 32.1. The van der Waals surface area contributed by atoms with Crippen molar-refractivity contribution in [3.05, 3.63) is 41.7 Å². The number of carbonyl (C=O) groups excluding carboxylic acids is 2. The maximum Gasteiger partial charge on any atom is 0.231 e. The third-order valence-electron chi connectivity index (χ3n) is 3.33. The van der Waals surface area contributed by atoms with Gasteiger partial charge in [0, 0.05) is 30.7 Å².